The first-order valence-electron chi connectivity index (χ1n) is 7.52. The number of nitrogens with one attached hydrogen (secondary N) is 2. The fourth-order valence-corrected chi connectivity index (χ4v) is 3.58. The molecule has 0 saturated carbocycles. The molecule has 1 atom stereocenters. The smallest absolute Gasteiger partial charge is 0.226 e. The Balaban J connectivity index is 1.92. The number of fused-ring (bicyclic) bond motifs is 1. The number of nitrogens with zero attached hydrogens (tertiary/aromatic N) is 1. The molecule has 2 heterocycles. The minimum absolute atomic E-state index is 0.0883. The Morgan fingerprint density at radius 2 is 1.83 bits per heavy atom. The lowest BCUT2D eigenvalue weighted by molar-refractivity contribution is -0.116. The fraction of sp³-hybridized carbons (Fsp3) is 0.111. The molecule has 0 saturated heterocycles. The van der Waals surface area contributed by atoms with Gasteiger partial charge in [0.1, 0.15) is 0 Å². The van der Waals surface area contributed by atoms with E-state index in [4.69, 9.17) is 23.2 Å². The molecule has 1 amide bonds. The molecule has 4 nitrogen and oxygen atoms in total. The minimum Gasteiger partial charge on any atom is -0.309 e. The summed E-state index contributed by atoms with van der Waals surface area (Å²) < 4.78 is 0. The summed E-state index contributed by atoms with van der Waals surface area (Å²) in [6.07, 6.45) is 0.298. The fourth-order valence-electron chi connectivity index (χ4n) is 3.14. The number of benzene rings is 2. The molecular formula is C18H13Cl2N3O. The van der Waals surface area contributed by atoms with Gasteiger partial charge in [-0.1, -0.05) is 65.7 Å². The van der Waals surface area contributed by atoms with Gasteiger partial charge in [0, 0.05) is 17.9 Å². The van der Waals surface area contributed by atoms with E-state index in [1.54, 1.807) is 6.07 Å². The molecule has 1 aliphatic rings. The van der Waals surface area contributed by atoms with Crippen molar-refractivity contribution in [2.24, 2.45) is 0 Å². The number of carbonyl (C=O) groups excluding carboxylic acids is 1. The van der Waals surface area contributed by atoms with Crippen LogP contribution in [0.25, 0.3) is 11.3 Å². The molecule has 1 aromatic heterocycles. The lowest BCUT2D eigenvalue weighted by Gasteiger charge is -2.24. The van der Waals surface area contributed by atoms with E-state index < -0.39 is 0 Å². The number of aromatic nitrogens is 2. The number of rotatable bonds is 2. The van der Waals surface area contributed by atoms with Crippen LogP contribution in [0.15, 0.2) is 48.5 Å². The monoisotopic (exact) mass is 357 g/mol. The summed E-state index contributed by atoms with van der Waals surface area (Å²) in [6.45, 7) is 0. The van der Waals surface area contributed by atoms with Crippen molar-refractivity contribution in [1.29, 1.82) is 0 Å². The Morgan fingerprint density at radius 3 is 2.62 bits per heavy atom. The molecule has 0 radical (unpaired) electrons. The van der Waals surface area contributed by atoms with Gasteiger partial charge in [-0.15, -0.1) is 0 Å². The van der Waals surface area contributed by atoms with Gasteiger partial charge >= 0.3 is 0 Å². The number of hydrogen-bond donors (Lipinski definition) is 2. The molecule has 0 unspecified atom stereocenters. The minimum atomic E-state index is -0.200. The molecule has 24 heavy (non-hydrogen) atoms. The Bertz CT molecular complexity index is 921. The van der Waals surface area contributed by atoms with Gasteiger partial charge in [-0.05, 0) is 17.2 Å². The summed E-state index contributed by atoms with van der Waals surface area (Å²) in [7, 11) is 0. The zero-order chi connectivity index (χ0) is 16.7. The molecule has 2 aromatic carbocycles. The van der Waals surface area contributed by atoms with Crippen LogP contribution in [0.5, 0.6) is 0 Å². The number of carbonyl (C=O) groups is 1. The second-order valence-corrected chi connectivity index (χ2v) is 6.46. The van der Waals surface area contributed by atoms with Crippen LogP contribution < -0.4 is 5.32 Å². The number of H-pyrrole nitrogens is 1. The topological polar surface area (TPSA) is 57.8 Å². The Hall–Kier alpha value is -2.30. The first kappa shape index (κ1) is 15.2. The van der Waals surface area contributed by atoms with E-state index >= 15 is 0 Å². The molecule has 1 aliphatic heterocycles. The third kappa shape index (κ3) is 2.48. The number of halogens is 2. The SMILES string of the molecule is O=C1C[C@@H](c2cccc(Cl)c2Cl)c2c(n[nH]c2-c2ccccc2)N1. The lowest BCUT2D eigenvalue weighted by Crippen LogP contribution is -2.23. The van der Waals surface area contributed by atoms with Gasteiger partial charge in [0.2, 0.25) is 5.91 Å². The van der Waals surface area contributed by atoms with Crippen LogP contribution in [0.4, 0.5) is 5.82 Å². The predicted octanol–water partition coefficient (Wildman–Crippen LogP) is 4.86. The summed E-state index contributed by atoms with van der Waals surface area (Å²) in [4.78, 5) is 12.1. The van der Waals surface area contributed by atoms with E-state index in [1.165, 1.54) is 0 Å². The third-order valence-electron chi connectivity index (χ3n) is 4.22. The van der Waals surface area contributed by atoms with Crippen molar-refractivity contribution in [2.75, 3.05) is 5.32 Å². The second-order valence-electron chi connectivity index (χ2n) is 5.67. The van der Waals surface area contributed by atoms with E-state index in [9.17, 15) is 4.79 Å². The quantitative estimate of drug-likeness (QED) is 0.688. The van der Waals surface area contributed by atoms with Gasteiger partial charge in [0.15, 0.2) is 5.82 Å². The number of hydrogen-bond acceptors (Lipinski definition) is 2. The zero-order valence-electron chi connectivity index (χ0n) is 12.5. The van der Waals surface area contributed by atoms with Crippen LogP contribution in [-0.4, -0.2) is 16.1 Å². The van der Waals surface area contributed by atoms with Crippen LogP contribution in [0, 0.1) is 0 Å². The zero-order valence-corrected chi connectivity index (χ0v) is 14.0. The van der Waals surface area contributed by atoms with Gasteiger partial charge in [-0.25, -0.2) is 0 Å². The molecule has 6 heteroatoms. The number of aromatic amines is 1. The molecule has 0 fully saturated rings. The molecule has 0 spiro atoms. The summed E-state index contributed by atoms with van der Waals surface area (Å²) in [5.74, 6) is 0.259. The Morgan fingerprint density at radius 1 is 1.04 bits per heavy atom. The van der Waals surface area contributed by atoms with Crippen molar-refractivity contribution in [3.05, 3.63) is 69.7 Å². The Kier molecular flexibility index (Phi) is 3.79. The van der Waals surface area contributed by atoms with Crippen molar-refractivity contribution >= 4 is 34.9 Å². The molecule has 120 valence electrons. The number of amides is 1. The maximum absolute atomic E-state index is 12.1. The highest BCUT2D eigenvalue weighted by molar-refractivity contribution is 6.42. The first-order chi connectivity index (χ1) is 11.6. The van der Waals surface area contributed by atoms with Gasteiger partial charge in [0.05, 0.1) is 15.7 Å². The van der Waals surface area contributed by atoms with E-state index in [1.807, 2.05) is 42.5 Å². The summed E-state index contributed by atoms with van der Waals surface area (Å²) >= 11 is 12.6. The maximum Gasteiger partial charge on any atom is 0.226 e. The van der Waals surface area contributed by atoms with Gasteiger partial charge in [-0.3, -0.25) is 9.89 Å². The van der Waals surface area contributed by atoms with Gasteiger partial charge < -0.3 is 5.32 Å². The molecule has 3 aromatic rings. The average Bonchev–Trinajstić information content (AvgIpc) is 3.01. The highest BCUT2D eigenvalue weighted by atomic mass is 35.5. The Labute approximate surface area is 148 Å². The first-order valence-corrected chi connectivity index (χ1v) is 8.28. The van der Waals surface area contributed by atoms with E-state index in [0.717, 1.165) is 22.4 Å². The van der Waals surface area contributed by atoms with Gasteiger partial charge in [0.25, 0.3) is 0 Å². The normalized spacial score (nSPS) is 16.6. The van der Waals surface area contributed by atoms with Crippen LogP contribution in [0.2, 0.25) is 10.0 Å². The van der Waals surface area contributed by atoms with Crippen LogP contribution in [0.1, 0.15) is 23.5 Å². The van der Waals surface area contributed by atoms with Crippen molar-refractivity contribution in [3.8, 4) is 11.3 Å². The van der Waals surface area contributed by atoms with Crippen LogP contribution in [0.3, 0.4) is 0 Å². The number of anilines is 1. The summed E-state index contributed by atoms with van der Waals surface area (Å²) in [6, 6.07) is 15.4. The highest BCUT2D eigenvalue weighted by Gasteiger charge is 2.33. The third-order valence-corrected chi connectivity index (χ3v) is 5.05. The van der Waals surface area contributed by atoms with Crippen LogP contribution >= 0.6 is 23.2 Å². The standard InChI is InChI=1S/C18H13Cl2N3O/c19-13-8-4-7-11(16(13)20)12-9-14(24)21-18-15(12)17(22-23-18)10-5-2-1-3-6-10/h1-8,12H,9H2,(H2,21,22,23,24)/t12-/m0/s1. The predicted molar refractivity (Wildman–Crippen MR) is 95.6 cm³/mol. The molecule has 0 aliphatic carbocycles. The average molecular weight is 358 g/mol. The van der Waals surface area contributed by atoms with Gasteiger partial charge in [-0.2, -0.15) is 5.10 Å². The second kappa shape index (κ2) is 5.96. The van der Waals surface area contributed by atoms with Crippen molar-refractivity contribution in [1.82, 2.24) is 10.2 Å². The van der Waals surface area contributed by atoms with Crippen molar-refractivity contribution in [3.63, 3.8) is 0 Å². The molecule has 2 N–H and O–H groups in total. The van der Waals surface area contributed by atoms with Crippen LogP contribution in [-0.2, 0) is 4.79 Å². The van der Waals surface area contributed by atoms with Crippen molar-refractivity contribution in [2.45, 2.75) is 12.3 Å². The summed E-state index contributed by atoms with van der Waals surface area (Å²) in [5, 5.41) is 11.1. The molecule has 0 bridgehead atoms. The maximum atomic E-state index is 12.1. The highest BCUT2D eigenvalue weighted by Crippen LogP contribution is 2.44. The largest absolute Gasteiger partial charge is 0.309 e. The lowest BCUT2D eigenvalue weighted by atomic mass is 9.84. The van der Waals surface area contributed by atoms with E-state index in [0.29, 0.717) is 22.3 Å². The van der Waals surface area contributed by atoms with E-state index in [-0.39, 0.29) is 11.8 Å². The van der Waals surface area contributed by atoms with E-state index in [2.05, 4.69) is 15.5 Å². The summed E-state index contributed by atoms with van der Waals surface area (Å²) in [5.41, 5.74) is 3.65. The molecule has 4 rings (SSSR count). The van der Waals surface area contributed by atoms with Crippen molar-refractivity contribution < 1.29 is 4.79 Å². The molecular weight excluding hydrogens is 345 g/mol.